The summed E-state index contributed by atoms with van der Waals surface area (Å²) in [7, 11) is 0. The summed E-state index contributed by atoms with van der Waals surface area (Å²) in [6.07, 6.45) is -0.238. The number of aromatic nitrogens is 7. The lowest BCUT2D eigenvalue weighted by molar-refractivity contribution is -0.0432. The summed E-state index contributed by atoms with van der Waals surface area (Å²) in [6, 6.07) is 0. The molecule has 1 aliphatic heterocycles. The second-order valence-electron chi connectivity index (χ2n) is 4.81. The second kappa shape index (κ2) is 4.31. The number of aliphatic hydroxyl groups is 2. The summed E-state index contributed by atoms with van der Waals surface area (Å²) >= 11 is 0. The Bertz CT molecular complexity index is 867. The van der Waals surface area contributed by atoms with Gasteiger partial charge in [0.1, 0.15) is 18.0 Å². The van der Waals surface area contributed by atoms with E-state index in [-0.39, 0.29) is 24.3 Å². The molecule has 0 amide bonds. The van der Waals surface area contributed by atoms with E-state index < -0.39 is 24.0 Å². The Balaban J connectivity index is 1.87. The summed E-state index contributed by atoms with van der Waals surface area (Å²) in [5.41, 5.74) is 0.123. The minimum atomic E-state index is -0.775. The summed E-state index contributed by atoms with van der Waals surface area (Å²) in [6.45, 7) is -0.279. The molecular weight excluding hydrogens is 282 g/mol. The number of aliphatic hydroxyl groups excluding tert-OH is 2. The molecule has 1 unspecified atom stereocenters. The highest BCUT2D eigenvalue weighted by molar-refractivity contribution is 5.71. The third-order valence-corrected chi connectivity index (χ3v) is 3.58. The zero-order valence-electron chi connectivity index (χ0n) is 10.6. The van der Waals surface area contributed by atoms with Crippen LogP contribution in [-0.2, 0) is 4.74 Å². The van der Waals surface area contributed by atoms with Gasteiger partial charge in [0.05, 0.1) is 19.0 Å². The fraction of sp³-hybridized carbons (Fsp3) is 0.500. The van der Waals surface area contributed by atoms with Crippen LogP contribution in [0, 0.1) is 0 Å². The number of tetrazole rings is 1. The van der Waals surface area contributed by atoms with Crippen molar-refractivity contribution in [3.05, 3.63) is 16.7 Å². The molecule has 110 valence electrons. The quantitative estimate of drug-likeness (QED) is 0.483. The first-order valence-electron chi connectivity index (χ1n) is 6.30. The fourth-order valence-corrected chi connectivity index (χ4v) is 2.52. The molecule has 0 spiro atoms. The van der Waals surface area contributed by atoms with Crippen LogP contribution in [0.15, 0.2) is 11.1 Å². The molecule has 3 aromatic rings. The Labute approximate surface area is 115 Å². The number of hydrogen-bond acceptors (Lipinski definition) is 8. The fourth-order valence-electron chi connectivity index (χ4n) is 2.52. The molecule has 3 N–H and O–H groups in total. The van der Waals surface area contributed by atoms with Crippen LogP contribution in [0.2, 0.25) is 0 Å². The Morgan fingerprint density at radius 3 is 3.14 bits per heavy atom. The Hall–Kier alpha value is -2.37. The molecule has 4 rings (SSSR count). The van der Waals surface area contributed by atoms with Crippen molar-refractivity contribution in [2.45, 2.75) is 24.9 Å². The lowest BCUT2D eigenvalue weighted by Crippen LogP contribution is -2.24. The van der Waals surface area contributed by atoms with Gasteiger partial charge in [-0.05, 0) is 10.4 Å². The first-order valence-corrected chi connectivity index (χ1v) is 6.30. The number of fused-ring (bicyclic) bond motifs is 2. The highest BCUT2D eigenvalue weighted by Gasteiger charge is 2.35. The van der Waals surface area contributed by atoms with Gasteiger partial charge in [-0.3, -0.25) is 9.36 Å². The van der Waals surface area contributed by atoms with Crippen LogP contribution in [0.1, 0.15) is 12.6 Å². The largest absolute Gasteiger partial charge is 0.394 e. The van der Waals surface area contributed by atoms with Gasteiger partial charge in [-0.25, -0.2) is 4.98 Å². The van der Waals surface area contributed by atoms with Crippen LogP contribution in [0.5, 0.6) is 0 Å². The van der Waals surface area contributed by atoms with Crippen LogP contribution < -0.4 is 5.56 Å². The van der Waals surface area contributed by atoms with E-state index in [0.717, 1.165) is 4.52 Å². The summed E-state index contributed by atoms with van der Waals surface area (Å²) in [5.74, 6) is 0.187. The highest BCUT2D eigenvalue weighted by Crippen LogP contribution is 2.30. The topological polar surface area (TPSA) is 143 Å². The van der Waals surface area contributed by atoms with E-state index in [9.17, 15) is 9.90 Å². The number of aromatic amines is 1. The van der Waals surface area contributed by atoms with Gasteiger partial charge in [0, 0.05) is 6.42 Å². The molecule has 0 aliphatic carbocycles. The normalized spacial score (nSPS) is 26.1. The number of rotatable bonds is 2. The number of hydrogen-bond donors (Lipinski definition) is 3. The van der Waals surface area contributed by atoms with Gasteiger partial charge in [-0.1, -0.05) is 5.10 Å². The van der Waals surface area contributed by atoms with E-state index in [1.807, 2.05) is 0 Å². The summed E-state index contributed by atoms with van der Waals surface area (Å²) < 4.78 is 8.15. The zero-order valence-corrected chi connectivity index (χ0v) is 10.6. The molecule has 3 atom stereocenters. The van der Waals surface area contributed by atoms with E-state index in [1.165, 1.54) is 6.33 Å². The smallest absolute Gasteiger partial charge is 0.305 e. The molecular formula is C10H11N7O4. The zero-order chi connectivity index (χ0) is 14.6. The van der Waals surface area contributed by atoms with Crippen LogP contribution >= 0.6 is 0 Å². The van der Waals surface area contributed by atoms with Crippen molar-refractivity contribution in [3.8, 4) is 0 Å². The van der Waals surface area contributed by atoms with Crippen molar-refractivity contribution < 1.29 is 14.9 Å². The van der Waals surface area contributed by atoms with E-state index in [0.29, 0.717) is 5.65 Å². The lowest BCUT2D eigenvalue weighted by Gasteiger charge is -2.13. The van der Waals surface area contributed by atoms with Crippen molar-refractivity contribution >= 4 is 16.9 Å². The maximum absolute atomic E-state index is 12.2. The van der Waals surface area contributed by atoms with Crippen LogP contribution in [0.25, 0.3) is 16.9 Å². The molecule has 1 aliphatic rings. The average molecular weight is 293 g/mol. The predicted molar refractivity (Wildman–Crippen MR) is 66.3 cm³/mol. The molecule has 1 saturated heterocycles. The molecule has 0 saturated carbocycles. The minimum absolute atomic E-state index is 0.167. The summed E-state index contributed by atoms with van der Waals surface area (Å²) in [4.78, 5) is 19.1. The van der Waals surface area contributed by atoms with E-state index in [2.05, 4.69) is 25.5 Å². The van der Waals surface area contributed by atoms with Crippen molar-refractivity contribution in [1.82, 2.24) is 34.6 Å². The van der Waals surface area contributed by atoms with Crippen LogP contribution in [0.3, 0.4) is 0 Å². The number of imidazole rings is 1. The van der Waals surface area contributed by atoms with E-state index in [4.69, 9.17) is 9.84 Å². The minimum Gasteiger partial charge on any atom is -0.394 e. The molecule has 11 nitrogen and oxygen atoms in total. The maximum Gasteiger partial charge on any atom is 0.305 e. The van der Waals surface area contributed by atoms with Gasteiger partial charge >= 0.3 is 5.56 Å². The van der Waals surface area contributed by atoms with E-state index >= 15 is 0 Å². The number of nitrogens with one attached hydrogen (secondary N) is 1. The highest BCUT2D eigenvalue weighted by atomic mass is 16.5. The molecule has 0 radical (unpaired) electrons. The third kappa shape index (κ3) is 1.68. The van der Waals surface area contributed by atoms with Gasteiger partial charge in [-0.15, -0.1) is 4.52 Å². The van der Waals surface area contributed by atoms with Crippen molar-refractivity contribution in [3.63, 3.8) is 0 Å². The van der Waals surface area contributed by atoms with Gasteiger partial charge in [0.15, 0.2) is 5.52 Å². The van der Waals surface area contributed by atoms with Gasteiger partial charge < -0.3 is 19.9 Å². The molecule has 4 heterocycles. The Morgan fingerprint density at radius 1 is 1.52 bits per heavy atom. The number of H-pyrrole nitrogens is 1. The monoisotopic (exact) mass is 293 g/mol. The van der Waals surface area contributed by atoms with Gasteiger partial charge in [0.2, 0.25) is 0 Å². The van der Waals surface area contributed by atoms with Gasteiger partial charge in [-0.2, -0.15) is 0 Å². The maximum atomic E-state index is 12.2. The molecule has 3 aromatic heterocycles. The average Bonchev–Trinajstić information content (AvgIpc) is 3.16. The molecule has 0 bridgehead atoms. The standard InChI is InChI=1S/C10H11N7O4/c18-2-5-4(19)1-6(21-5)16-3-11-7-8(16)12-10-13-14-15-17(10)9(7)20/h3-6,18-19H,1-2H2,(H,12,13,15)/t4?,5-,6-/m1/s1. The Morgan fingerprint density at radius 2 is 2.38 bits per heavy atom. The van der Waals surface area contributed by atoms with Crippen molar-refractivity contribution in [2.24, 2.45) is 0 Å². The molecule has 0 aromatic carbocycles. The van der Waals surface area contributed by atoms with Crippen molar-refractivity contribution in [1.29, 1.82) is 0 Å². The molecule has 11 heteroatoms. The predicted octanol–water partition coefficient (Wildman–Crippen LogP) is -2.20. The van der Waals surface area contributed by atoms with Gasteiger partial charge in [0.25, 0.3) is 5.78 Å². The van der Waals surface area contributed by atoms with Crippen LogP contribution in [0.4, 0.5) is 0 Å². The second-order valence-corrected chi connectivity index (χ2v) is 4.81. The van der Waals surface area contributed by atoms with E-state index in [1.54, 1.807) is 4.57 Å². The SMILES string of the molecule is O=c1c2ncn([C@H]3CC(O)[C@@H](CO)O3)c2[nH]c2nnnn12. The summed E-state index contributed by atoms with van der Waals surface area (Å²) in [5, 5.41) is 29.6. The first-order chi connectivity index (χ1) is 10.2. The number of ether oxygens (including phenoxy) is 1. The Kier molecular flexibility index (Phi) is 2.54. The van der Waals surface area contributed by atoms with Crippen molar-refractivity contribution in [2.75, 3.05) is 6.61 Å². The van der Waals surface area contributed by atoms with Crippen LogP contribution in [-0.4, -0.2) is 63.6 Å². The lowest BCUT2D eigenvalue weighted by atomic mass is 10.2. The molecule has 1 fully saturated rings. The molecule has 21 heavy (non-hydrogen) atoms. The third-order valence-electron chi connectivity index (χ3n) is 3.58. The number of nitrogens with zero attached hydrogens (tertiary/aromatic N) is 6. The first kappa shape index (κ1) is 12.4.